The summed E-state index contributed by atoms with van der Waals surface area (Å²) in [4.78, 5) is 14.1. The Bertz CT molecular complexity index is 1410. The van der Waals surface area contributed by atoms with Crippen molar-refractivity contribution in [3.8, 4) is 22.6 Å². The van der Waals surface area contributed by atoms with Crippen LogP contribution in [0.1, 0.15) is 18.6 Å². The summed E-state index contributed by atoms with van der Waals surface area (Å²) in [6.45, 7) is 4.78. The average Bonchev–Trinajstić information content (AvgIpc) is 3.42. The number of halogens is 2. The van der Waals surface area contributed by atoms with Crippen LogP contribution in [0.5, 0.6) is 5.75 Å². The standard InChI is InChI=1S/C25H27F2N9O/c1-15(17-11-16(26)3-4-21(17)36-31-5-6-32-36)37-22-12-19(18-13-23(28)30-14-20(18)27)25(33-24(22)29)35-9-7-34(2)8-10-35/h3-6,11-15H,7-10H2,1-2H3,(H2,28,30)(H2,29,33)/t15-/m1/s1. The van der Waals surface area contributed by atoms with Gasteiger partial charge in [0, 0.05) is 42.9 Å². The highest BCUT2D eigenvalue weighted by Crippen LogP contribution is 2.39. The molecule has 0 unspecified atom stereocenters. The molecule has 1 saturated heterocycles. The van der Waals surface area contributed by atoms with Crippen LogP contribution in [0.25, 0.3) is 16.8 Å². The fraction of sp³-hybridized carbons (Fsp3) is 0.280. The van der Waals surface area contributed by atoms with Crippen molar-refractivity contribution in [3.05, 3.63) is 66.1 Å². The Hall–Kier alpha value is -4.32. The van der Waals surface area contributed by atoms with Crippen LogP contribution in [0.3, 0.4) is 0 Å². The molecule has 1 aromatic carbocycles. The lowest BCUT2D eigenvalue weighted by atomic mass is 10.0. The van der Waals surface area contributed by atoms with Crippen molar-refractivity contribution < 1.29 is 13.5 Å². The molecule has 192 valence electrons. The molecular weight excluding hydrogens is 480 g/mol. The lowest BCUT2D eigenvalue weighted by molar-refractivity contribution is 0.226. The van der Waals surface area contributed by atoms with E-state index < -0.39 is 17.7 Å². The number of ether oxygens (including phenoxy) is 1. The Morgan fingerprint density at radius 1 is 0.973 bits per heavy atom. The molecule has 4 N–H and O–H groups in total. The predicted molar refractivity (Wildman–Crippen MR) is 136 cm³/mol. The summed E-state index contributed by atoms with van der Waals surface area (Å²) in [5, 5.41) is 8.29. The van der Waals surface area contributed by atoms with Gasteiger partial charge in [-0.25, -0.2) is 18.7 Å². The largest absolute Gasteiger partial charge is 0.482 e. The van der Waals surface area contributed by atoms with E-state index >= 15 is 0 Å². The predicted octanol–water partition coefficient (Wildman–Crippen LogP) is 3.06. The SMILES string of the molecule is C[C@@H](Oc1cc(-c2cc(N)ncc2F)c(N2CCN(C)CC2)nc1N)c1cc(F)ccc1-n1nccn1. The molecule has 4 aromatic rings. The highest BCUT2D eigenvalue weighted by Gasteiger charge is 2.25. The lowest BCUT2D eigenvalue weighted by Gasteiger charge is -2.34. The third-order valence-corrected chi connectivity index (χ3v) is 6.33. The van der Waals surface area contributed by atoms with Crippen molar-refractivity contribution in [1.82, 2.24) is 29.9 Å². The zero-order valence-corrected chi connectivity index (χ0v) is 20.5. The second-order valence-electron chi connectivity index (χ2n) is 8.90. The van der Waals surface area contributed by atoms with Crippen molar-refractivity contribution >= 4 is 17.5 Å². The molecule has 0 bridgehead atoms. The number of anilines is 3. The van der Waals surface area contributed by atoms with Crippen molar-refractivity contribution in [2.24, 2.45) is 0 Å². The van der Waals surface area contributed by atoms with Crippen LogP contribution in [0, 0.1) is 11.6 Å². The van der Waals surface area contributed by atoms with Gasteiger partial charge in [-0.05, 0) is 44.3 Å². The van der Waals surface area contributed by atoms with E-state index in [4.69, 9.17) is 16.2 Å². The molecule has 10 nitrogen and oxygen atoms in total. The first kappa shape index (κ1) is 24.4. The number of aromatic nitrogens is 5. The normalized spacial score (nSPS) is 15.1. The van der Waals surface area contributed by atoms with E-state index in [0.717, 1.165) is 19.3 Å². The molecule has 1 aliphatic rings. The fourth-order valence-electron chi connectivity index (χ4n) is 4.34. The van der Waals surface area contributed by atoms with Gasteiger partial charge >= 0.3 is 0 Å². The van der Waals surface area contributed by atoms with E-state index in [1.54, 1.807) is 19.1 Å². The van der Waals surface area contributed by atoms with Gasteiger partial charge in [0.1, 0.15) is 29.4 Å². The van der Waals surface area contributed by atoms with E-state index in [1.807, 2.05) is 7.05 Å². The number of nitrogens with two attached hydrogens (primary N) is 2. The van der Waals surface area contributed by atoms with Crippen molar-refractivity contribution in [3.63, 3.8) is 0 Å². The first-order chi connectivity index (χ1) is 17.8. The fourth-order valence-corrected chi connectivity index (χ4v) is 4.34. The van der Waals surface area contributed by atoms with E-state index in [9.17, 15) is 8.78 Å². The summed E-state index contributed by atoms with van der Waals surface area (Å²) in [5.74, 6) is 0.0629. The number of nitrogen functional groups attached to an aromatic ring is 2. The van der Waals surface area contributed by atoms with Gasteiger partial charge in [0.05, 0.1) is 24.3 Å². The maximum Gasteiger partial charge on any atom is 0.168 e. The Morgan fingerprint density at radius 2 is 1.70 bits per heavy atom. The number of benzene rings is 1. The van der Waals surface area contributed by atoms with Crippen molar-refractivity contribution in [1.29, 1.82) is 0 Å². The second kappa shape index (κ2) is 9.97. The molecule has 5 rings (SSSR count). The smallest absolute Gasteiger partial charge is 0.168 e. The number of nitrogens with zero attached hydrogens (tertiary/aromatic N) is 7. The number of hydrogen-bond acceptors (Lipinski definition) is 9. The summed E-state index contributed by atoms with van der Waals surface area (Å²) in [5.41, 5.74) is 14.0. The Morgan fingerprint density at radius 3 is 2.43 bits per heavy atom. The molecule has 12 heteroatoms. The minimum atomic E-state index is -0.671. The zero-order valence-electron chi connectivity index (χ0n) is 20.5. The highest BCUT2D eigenvalue weighted by atomic mass is 19.1. The molecule has 3 aromatic heterocycles. The summed E-state index contributed by atoms with van der Waals surface area (Å²) in [7, 11) is 2.04. The van der Waals surface area contributed by atoms with Gasteiger partial charge in [-0.3, -0.25) is 0 Å². The van der Waals surface area contributed by atoms with Crippen molar-refractivity contribution in [2.45, 2.75) is 13.0 Å². The first-order valence-electron chi connectivity index (χ1n) is 11.8. The molecule has 0 spiro atoms. The summed E-state index contributed by atoms with van der Waals surface area (Å²) in [6, 6.07) is 7.36. The monoisotopic (exact) mass is 507 g/mol. The number of likely N-dealkylation sites (N-methyl/N-ethyl adjacent to an activating group) is 1. The van der Waals surface area contributed by atoms with Crippen LogP contribution in [0.2, 0.25) is 0 Å². The minimum Gasteiger partial charge on any atom is -0.482 e. The Kier molecular flexibility index (Phi) is 6.57. The van der Waals surface area contributed by atoms with Crippen LogP contribution >= 0.6 is 0 Å². The third-order valence-electron chi connectivity index (χ3n) is 6.33. The molecule has 4 heterocycles. The third kappa shape index (κ3) is 5.00. The van der Waals surface area contributed by atoms with Gasteiger partial charge in [0.25, 0.3) is 0 Å². The van der Waals surface area contributed by atoms with Crippen LogP contribution in [-0.4, -0.2) is 63.1 Å². The molecule has 1 aliphatic heterocycles. The molecule has 0 aliphatic carbocycles. The lowest BCUT2D eigenvalue weighted by Crippen LogP contribution is -2.45. The topological polar surface area (TPSA) is 124 Å². The van der Waals surface area contributed by atoms with Gasteiger partial charge in [-0.15, -0.1) is 0 Å². The zero-order chi connectivity index (χ0) is 26.1. The molecule has 0 amide bonds. The van der Waals surface area contributed by atoms with Gasteiger partial charge in [-0.1, -0.05) is 0 Å². The number of rotatable bonds is 6. The van der Waals surface area contributed by atoms with Crippen LogP contribution < -0.4 is 21.1 Å². The second-order valence-corrected chi connectivity index (χ2v) is 8.90. The first-order valence-corrected chi connectivity index (χ1v) is 11.8. The van der Waals surface area contributed by atoms with Gasteiger partial charge in [0.2, 0.25) is 0 Å². The quantitative estimate of drug-likeness (QED) is 0.405. The molecule has 1 atom stereocenters. The van der Waals surface area contributed by atoms with Crippen molar-refractivity contribution in [2.75, 3.05) is 49.6 Å². The van der Waals surface area contributed by atoms with E-state index in [-0.39, 0.29) is 22.9 Å². The molecule has 1 fully saturated rings. The summed E-state index contributed by atoms with van der Waals surface area (Å²) >= 11 is 0. The molecular formula is C25H27F2N9O. The minimum absolute atomic E-state index is 0.127. The Balaban J connectivity index is 1.56. The number of piperazine rings is 1. The summed E-state index contributed by atoms with van der Waals surface area (Å²) in [6.07, 6.45) is 3.46. The van der Waals surface area contributed by atoms with E-state index in [2.05, 4.69) is 30.0 Å². The van der Waals surface area contributed by atoms with Crippen LogP contribution in [0.15, 0.2) is 48.9 Å². The molecule has 0 radical (unpaired) electrons. The van der Waals surface area contributed by atoms with E-state index in [0.29, 0.717) is 35.7 Å². The Labute approximate surface area is 212 Å². The maximum atomic E-state index is 15.0. The van der Waals surface area contributed by atoms with Crippen LogP contribution in [0.4, 0.5) is 26.2 Å². The average molecular weight is 508 g/mol. The van der Waals surface area contributed by atoms with Crippen LogP contribution in [-0.2, 0) is 0 Å². The van der Waals surface area contributed by atoms with Gasteiger partial charge in [0.15, 0.2) is 11.6 Å². The van der Waals surface area contributed by atoms with E-state index in [1.165, 1.54) is 35.4 Å². The number of hydrogen-bond donors (Lipinski definition) is 2. The molecule has 0 saturated carbocycles. The van der Waals surface area contributed by atoms with Gasteiger partial charge in [-0.2, -0.15) is 15.0 Å². The maximum absolute atomic E-state index is 15.0. The van der Waals surface area contributed by atoms with Gasteiger partial charge < -0.3 is 26.0 Å². The summed E-state index contributed by atoms with van der Waals surface area (Å²) < 4.78 is 35.4. The highest BCUT2D eigenvalue weighted by molar-refractivity contribution is 5.81. The molecule has 37 heavy (non-hydrogen) atoms. The number of pyridine rings is 2.